The van der Waals surface area contributed by atoms with E-state index in [0.717, 1.165) is 16.5 Å². The van der Waals surface area contributed by atoms with Crippen LogP contribution >= 0.6 is 0 Å². The topological polar surface area (TPSA) is 57.7 Å². The molecule has 0 atom stereocenters. The number of esters is 1. The first-order valence-corrected chi connectivity index (χ1v) is 7.58. The summed E-state index contributed by atoms with van der Waals surface area (Å²) in [5, 5.41) is 2.12. The van der Waals surface area contributed by atoms with E-state index in [0.29, 0.717) is 23.8 Å². The standard InChI is InChI=1S/C19H17NO4/c1-3-23-16-7-4-14-11-17(8-5-13(14)10-16)24-18-9-6-15(12-20-18)19(21)22-2/h4-12H,3H2,1-2H3. The minimum Gasteiger partial charge on any atom is -0.494 e. The Hall–Kier alpha value is -3.08. The lowest BCUT2D eigenvalue weighted by atomic mass is 10.1. The van der Waals surface area contributed by atoms with E-state index < -0.39 is 5.97 Å². The van der Waals surface area contributed by atoms with Gasteiger partial charge in [-0.25, -0.2) is 9.78 Å². The maximum absolute atomic E-state index is 11.4. The Balaban J connectivity index is 1.79. The van der Waals surface area contributed by atoms with Gasteiger partial charge in [-0.3, -0.25) is 0 Å². The molecule has 0 aliphatic rings. The summed E-state index contributed by atoms with van der Waals surface area (Å²) >= 11 is 0. The predicted octanol–water partition coefficient (Wildman–Crippen LogP) is 4.21. The molecule has 0 amide bonds. The molecule has 0 spiro atoms. The van der Waals surface area contributed by atoms with E-state index in [2.05, 4.69) is 9.72 Å². The van der Waals surface area contributed by atoms with Crippen molar-refractivity contribution in [2.45, 2.75) is 6.92 Å². The Labute approximate surface area is 139 Å². The second-order valence-electron chi connectivity index (χ2n) is 5.08. The molecule has 0 radical (unpaired) electrons. The van der Waals surface area contributed by atoms with Gasteiger partial charge in [0.25, 0.3) is 0 Å². The SMILES string of the molecule is CCOc1ccc2cc(Oc3ccc(C(=O)OC)cn3)ccc2c1. The van der Waals surface area contributed by atoms with Crippen LogP contribution in [-0.2, 0) is 4.74 Å². The zero-order chi connectivity index (χ0) is 16.9. The first-order chi connectivity index (χ1) is 11.7. The average Bonchev–Trinajstić information content (AvgIpc) is 2.62. The molecule has 0 fully saturated rings. The van der Waals surface area contributed by atoms with Crippen molar-refractivity contribution in [1.82, 2.24) is 4.98 Å². The van der Waals surface area contributed by atoms with Gasteiger partial charge in [-0.1, -0.05) is 12.1 Å². The van der Waals surface area contributed by atoms with Crippen molar-refractivity contribution in [2.24, 2.45) is 0 Å². The van der Waals surface area contributed by atoms with Crippen LogP contribution in [0.2, 0.25) is 0 Å². The third kappa shape index (κ3) is 3.46. The molecule has 1 heterocycles. The number of pyridine rings is 1. The first-order valence-electron chi connectivity index (χ1n) is 7.58. The van der Waals surface area contributed by atoms with Crippen molar-refractivity contribution in [1.29, 1.82) is 0 Å². The molecular weight excluding hydrogens is 306 g/mol. The number of carbonyl (C=O) groups excluding carboxylic acids is 1. The van der Waals surface area contributed by atoms with Crippen molar-refractivity contribution >= 4 is 16.7 Å². The highest BCUT2D eigenvalue weighted by Crippen LogP contribution is 2.27. The highest BCUT2D eigenvalue weighted by Gasteiger charge is 2.07. The maximum Gasteiger partial charge on any atom is 0.339 e. The summed E-state index contributed by atoms with van der Waals surface area (Å²) in [5.74, 6) is 1.50. The number of hydrogen-bond acceptors (Lipinski definition) is 5. The van der Waals surface area contributed by atoms with Gasteiger partial charge in [0.1, 0.15) is 11.5 Å². The van der Waals surface area contributed by atoms with E-state index in [1.54, 1.807) is 12.1 Å². The zero-order valence-electron chi connectivity index (χ0n) is 13.5. The van der Waals surface area contributed by atoms with Gasteiger partial charge in [0.15, 0.2) is 0 Å². The van der Waals surface area contributed by atoms with E-state index >= 15 is 0 Å². The largest absolute Gasteiger partial charge is 0.494 e. The second-order valence-corrected chi connectivity index (χ2v) is 5.08. The van der Waals surface area contributed by atoms with Crippen LogP contribution in [0, 0.1) is 0 Å². The predicted molar refractivity (Wildman–Crippen MR) is 90.8 cm³/mol. The van der Waals surface area contributed by atoms with Gasteiger partial charge in [-0.05, 0) is 48.0 Å². The van der Waals surface area contributed by atoms with Crippen LogP contribution in [0.5, 0.6) is 17.4 Å². The van der Waals surface area contributed by atoms with Gasteiger partial charge < -0.3 is 14.2 Å². The molecule has 0 aliphatic heterocycles. The molecule has 3 aromatic rings. The van der Waals surface area contributed by atoms with Crippen molar-refractivity contribution in [3.63, 3.8) is 0 Å². The van der Waals surface area contributed by atoms with E-state index in [9.17, 15) is 4.79 Å². The molecule has 0 unspecified atom stereocenters. The summed E-state index contributed by atoms with van der Waals surface area (Å²) in [6.07, 6.45) is 1.43. The van der Waals surface area contributed by atoms with E-state index in [1.807, 2.05) is 43.3 Å². The molecule has 2 aromatic carbocycles. The van der Waals surface area contributed by atoms with Crippen LogP contribution in [0.4, 0.5) is 0 Å². The number of ether oxygens (including phenoxy) is 3. The second kappa shape index (κ2) is 7.00. The van der Waals surface area contributed by atoms with Crippen LogP contribution in [0.1, 0.15) is 17.3 Å². The highest BCUT2D eigenvalue weighted by molar-refractivity contribution is 5.89. The third-order valence-electron chi connectivity index (χ3n) is 3.47. The van der Waals surface area contributed by atoms with Crippen molar-refractivity contribution in [3.05, 3.63) is 60.3 Å². The van der Waals surface area contributed by atoms with Gasteiger partial charge in [0, 0.05) is 12.3 Å². The fraction of sp³-hybridized carbons (Fsp3) is 0.158. The van der Waals surface area contributed by atoms with Gasteiger partial charge in [-0.15, -0.1) is 0 Å². The molecule has 5 nitrogen and oxygen atoms in total. The summed E-state index contributed by atoms with van der Waals surface area (Å²) in [4.78, 5) is 15.5. The van der Waals surface area contributed by atoms with Crippen LogP contribution < -0.4 is 9.47 Å². The molecular formula is C19H17NO4. The number of methoxy groups -OCH3 is 1. The molecule has 1 aromatic heterocycles. The molecule has 0 saturated heterocycles. The molecule has 24 heavy (non-hydrogen) atoms. The number of rotatable bonds is 5. The van der Waals surface area contributed by atoms with E-state index in [4.69, 9.17) is 9.47 Å². The number of nitrogens with zero attached hydrogens (tertiary/aromatic N) is 1. The minimum absolute atomic E-state index is 0.381. The molecule has 0 saturated carbocycles. The van der Waals surface area contributed by atoms with Crippen LogP contribution in [-0.4, -0.2) is 24.7 Å². The third-order valence-corrected chi connectivity index (χ3v) is 3.47. The molecule has 0 bridgehead atoms. The number of carbonyl (C=O) groups is 1. The lowest BCUT2D eigenvalue weighted by Gasteiger charge is -2.08. The maximum atomic E-state index is 11.4. The van der Waals surface area contributed by atoms with Crippen LogP contribution in [0.15, 0.2) is 54.7 Å². The lowest BCUT2D eigenvalue weighted by Crippen LogP contribution is -2.01. The summed E-state index contributed by atoms with van der Waals surface area (Å²) in [6, 6.07) is 14.9. The molecule has 0 N–H and O–H groups in total. The number of benzene rings is 2. The summed E-state index contributed by atoms with van der Waals surface area (Å²) in [7, 11) is 1.33. The smallest absolute Gasteiger partial charge is 0.339 e. The normalized spacial score (nSPS) is 10.4. The van der Waals surface area contributed by atoms with E-state index in [1.165, 1.54) is 13.3 Å². The molecule has 3 rings (SSSR count). The molecule has 5 heteroatoms. The Bertz CT molecular complexity index is 859. The fourth-order valence-electron chi connectivity index (χ4n) is 2.32. The summed E-state index contributed by atoms with van der Waals surface area (Å²) < 4.78 is 15.9. The molecule has 122 valence electrons. The van der Waals surface area contributed by atoms with Gasteiger partial charge >= 0.3 is 5.97 Å². The fourth-order valence-corrected chi connectivity index (χ4v) is 2.32. The first kappa shape index (κ1) is 15.8. The lowest BCUT2D eigenvalue weighted by molar-refractivity contribution is 0.0600. The molecule has 0 aliphatic carbocycles. The quantitative estimate of drug-likeness (QED) is 0.658. The van der Waals surface area contributed by atoms with Crippen molar-refractivity contribution < 1.29 is 19.0 Å². The van der Waals surface area contributed by atoms with E-state index in [-0.39, 0.29) is 0 Å². The number of fused-ring (bicyclic) bond motifs is 1. The van der Waals surface area contributed by atoms with Gasteiger partial charge in [0.05, 0.1) is 19.3 Å². The Morgan fingerprint density at radius 1 is 1.00 bits per heavy atom. The highest BCUT2D eigenvalue weighted by atomic mass is 16.5. The van der Waals surface area contributed by atoms with Gasteiger partial charge in [-0.2, -0.15) is 0 Å². The number of hydrogen-bond donors (Lipinski definition) is 0. The van der Waals surface area contributed by atoms with Crippen LogP contribution in [0.25, 0.3) is 10.8 Å². The van der Waals surface area contributed by atoms with Gasteiger partial charge in [0.2, 0.25) is 5.88 Å². The van der Waals surface area contributed by atoms with Crippen molar-refractivity contribution in [3.8, 4) is 17.4 Å². The zero-order valence-corrected chi connectivity index (χ0v) is 13.5. The Morgan fingerprint density at radius 2 is 1.71 bits per heavy atom. The van der Waals surface area contributed by atoms with Crippen molar-refractivity contribution in [2.75, 3.05) is 13.7 Å². The monoisotopic (exact) mass is 323 g/mol. The number of aromatic nitrogens is 1. The van der Waals surface area contributed by atoms with Crippen LogP contribution in [0.3, 0.4) is 0 Å². The summed E-state index contributed by atoms with van der Waals surface area (Å²) in [6.45, 7) is 2.60. The average molecular weight is 323 g/mol. The Morgan fingerprint density at radius 3 is 2.33 bits per heavy atom. The summed E-state index contributed by atoms with van der Waals surface area (Å²) in [5.41, 5.74) is 0.381. The minimum atomic E-state index is -0.426. The Kier molecular flexibility index (Phi) is 4.61.